The third-order valence-corrected chi connectivity index (χ3v) is 2.99. The van der Waals surface area contributed by atoms with Gasteiger partial charge in [0, 0.05) is 11.6 Å². The quantitative estimate of drug-likeness (QED) is 0.827. The molecule has 1 atom stereocenters. The van der Waals surface area contributed by atoms with Crippen LogP contribution in [0.5, 0.6) is 0 Å². The molecule has 0 aromatic heterocycles. The third kappa shape index (κ3) is 2.84. The van der Waals surface area contributed by atoms with Gasteiger partial charge < -0.3 is 5.32 Å². The van der Waals surface area contributed by atoms with Crippen LogP contribution in [0.15, 0.2) is 12.1 Å². The van der Waals surface area contributed by atoms with E-state index in [0.29, 0.717) is 0 Å². The molecule has 2 heteroatoms. The lowest BCUT2D eigenvalue weighted by Crippen LogP contribution is -2.20. The Bertz CT molecular complexity index is 373. The van der Waals surface area contributed by atoms with E-state index < -0.39 is 0 Å². The van der Waals surface area contributed by atoms with Crippen molar-refractivity contribution in [1.29, 1.82) is 0 Å². The Morgan fingerprint density at radius 1 is 1.25 bits per heavy atom. The predicted molar refractivity (Wildman–Crippen MR) is 68.7 cm³/mol. The van der Waals surface area contributed by atoms with E-state index in [9.17, 15) is 4.79 Å². The smallest absolute Gasteiger partial charge is 0.227 e. The Morgan fingerprint density at radius 2 is 1.75 bits per heavy atom. The van der Waals surface area contributed by atoms with Crippen molar-refractivity contribution >= 4 is 11.6 Å². The molecule has 16 heavy (non-hydrogen) atoms. The van der Waals surface area contributed by atoms with Crippen LogP contribution < -0.4 is 5.32 Å². The molecular weight excluding hydrogens is 198 g/mol. The molecule has 2 nitrogen and oxygen atoms in total. The number of carbonyl (C=O) groups excluding carboxylic acids is 1. The van der Waals surface area contributed by atoms with E-state index in [2.05, 4.69) is 24.4 Å². The Kier molecular flexibility index (Phi) is 4.11. The van der Waals surface area contributed by atoms with Crippen molar-refractivity contribution in [2.24, 2.45) is 5.92 Å². The minimum atomic E-state index is 0.0695. The van der Waals surface area contributed by atoms with Gasteiger partial charge in [0.25, 0.3) is 0 Å². The van der Waals surface area contributed by atoms with Crippen molar-refractivity contribution in [3.8, 4) is 0 Å². The van der Waals surface area contributed by atoms with Gasteiger partial charge >= 0.3 is 0 Å². The largest absolute Gasteiger partial charge is 0.325 e. The van der Waals surface area contributed by atoms with E-state index in [1.54, 1.807) is 0 Å². The van der Waals surface area contributed by atoms with E-state index in [1.807, 2.05) is 27.7 Å². The van der Waals surface area contributed by atoms with E-state index in [-0.39, 0.29) is 11.8 Å². The number of nitrogens with one attached hydrogen (secondary N) is 1. The molecule has 1 N–H and O–H groups in total. The van der Waals surface area contributed by atoms with Crippen LogP contribution in [0.2, 0.25) is 0 Å². The first-order valence-corrected chi connectivity index (χ1v) is 5.84. The van der Waals surface area contributed by atoms with Crippen LogP contribution in [0.4, 0.5) is 5.69 Å². The molecule has 0 fully saturated rings. The molecule has 1 rings (SSSR count). The van der Waals surface area contributed by atoms with E-state index >= 15 is 0 Å². The first kappa shape index (κ1) is 12.8. The topological polar surface area (TPSA) is 29.1 Å². The summed E-state index contributed by atoms with van der Waals surface area (Å²) in [6, 6.07) is 4.19. The summed E-state index contributed by atoms with van der Waals surface area (Å²) in [5, 5.41) is 3.02. The van der Waals surface area contributed by atoms with Gasteiger partial charge in [-0.15, -0.1) is 0 Å². The molecule has 0 unspecified atom stereocenters. The zero-order valence-corrected chi connectivity index (χ0v) is 10.8. The highest BCUT2D eigenvalue weighted by Crippen LogP contribution is 2.22. The Balaban J connectivity index is 2.93. The monoisotopic (exact) mass is 219 g/mol. The average molecular weight is 219 g/mol. The van der Waals surface area contributed by atoms with Crippen molar-refractivity contribution in [2.75, 3.05) is 5.32 Å². The number of rotatable bonds is 3. The third-order valence-electron chi connectivity index (χ3n) is 2.99. The summed E-state index contributed by atoms with van der Waals surface area (Å²) in [5.41, 5.74) is 4.47. The molecule has 0 aliphatic heterocycles. The molecule has 0 aliphatic rings. The normalized spacial score (nSPS) is 12.3. The standard InChI is InChI=1S/C14H21NO/c1-6-10(3)14(16)15-13-11(4)7-9(2)8-12(13)5/h7-8,10H,6H2,1-5H3,(H,15,16)/t10-/m0/s1. The van der Waals surface area contributed by atoms with Gasteiger partial charge in [-0.25, -0.2) is 0 Å². The van der Waals surface area contributed by atoms with Gasteiger partial charge in [-0.2, -0.15) is 0 Å². The van der Waals surface area contributed by atoms with Gasteiger partial charge in [0.05, 0.1) is 0 Å². The van der Waals surface area contributed by atoms with Gasteiger partial charge in [0.15, 0.2) is 0 Å². The second-order valence-electron chi connectivity index (χ2n) is 4.57. The molecule has 0 spiro atoms. The fourth-order valence-corrected chi connectivity index (χ4v) is 1.81. The van der Waals surface area contributed by atoms with Crippen molar-refractivity contribution in [2.45, 2.75) is 41.0 Å². The highest BCUT2D eigenvalue weighted by Gasteiger charge is 2.13. The van der Waals surface area contributed by atoms with Crippen LogP contribution in [-0.2, 0) is 4.79 Å². The summed E-state index contributed by atoms with van der Waals surface area (Å²) in [7, 11) is 0. The van der Waals surface area contributed by atoms with E-state index in [0.717, 1.165) is 23.2 Å². The number of aryl methyl sites for hydroxylation is 3. The molecule has 0 heterocycles. The fourth-order valence-electron chi connectivity index (χ4n) is 1.81. The van der Waals surface area contributed by atoms with Crippen LogP contribution in [-0.4, -0.2) is 5.91 Å². The number of anilines is 1. The molecule has 0 aliphatic carbocycles. The van der Waals surface area contributed by atoms with Crippen LogP contribution in [0.25, 0.3) is 0 Å². The maximum absolute atomic E-state index is 11.8. The highest BCUT2D eigenvalue weighted by molar-refractivity contribution is 5.93. The van der Waals surface area contributed by atoms with Gasteiger partial charge in [0.1, 0.15) is 0 Å². The lowest BCUT2D eigenvalue weighted by atomic mass is 10.0. The zero-order valence-electron chi connectivity index (χ0n) is 10.8. The number of hydrogen-bond acceptors (Lipinski definition) is 1. The lowest BCUT2D eigenvalue weighted by molar-refractivity contribution is -0.119. The average Bonchev–Trinajstić information content (AvgIpc) is 2.21. The van der Waals surface area contributed by atoms with Crippen molar-refractivity contribution in [3.05, 3.63) is 28.8 Å². The van der Waals surface area contributed by atoms with Crippen LogP contribution in [0.3, 0.4) is 0 Å². The zero-order chi connectivity index (χ0) is 12.3. The van der Waals surface area contributed by atoms with Crippen LogP contribution >= 0.6 is 0 Å². The van der Waals surface area contributed by atoms with Gasteiger partial charge in [-0.1, -0.05) is 31.5 Å². The fraction of sp³-hybridized carbons (Fsp3) is 0.500. The summed E-state index contributed by atoms with van der Waals surface area (Å²) in [6.07, 6.45) is 0.871. The molecule has 0 bridgehead atoms. The molecule has 1 aromatic rings. The number of hydrogen-bond donors (Lipinski definition) is 1. The minimum absolute atomic E-state index is 0.0695. The Labute approximate surface area is 98.1 Å². The van der Waals surface area contributed by atoms with Gasteiger partial charge in [-0.05, 0) is 38.3 Å². The van der Waals surface area contributed by atoms with Crippen molar-refractivity contribution < 1.29 is 4.79 Å². The molecule has 0 saturated heterocycles. The predicted octanol–water partition coefficient (Wildman–Crippen LogP) is 3.60. The van der Waals surface area contributed by atoms with E-state index in [1.165, 1.54) is 5.56 Å². The molecule has 0 saturated carbocycles. The van der Waals surface area contributed by atoms with Crippen molar-refractivity contribution in [1.82, 2.24) is 0 Å². The maximum atomic E-state index is 11.8. The SMILES string of the molecule is CC[C@H](C)C(=O)Nc1c(C)cc(C)cc1C. The summed E-state index contributed by atoms with van der Waals surface area (Å²) < 4.78 is 0. The minimum Gasteiger partial charge on any atom is -0.325 e. The lowest BCUT2D eigenvalue weighted by Gasteiger charge is -2.15. The maximum Gasteiger partial charge on any atom is 0.227 e. The first-order valence-electron chi connectivity index (χ1n) is 5.84. The molecule has 88 valence electrons. The molecular formula is C14H21NO. The summed E-state index contributed by atoms with van der Waals surface area (Å²) in [5.74, 6) is 0.178. The van der Waals surface area contributed by atoms with Crippen LogP contribution in [0.1, 0.15) is 37.0 Å². The Morgan fingerprint density at radius 3 is 2.19 bits per heavy atom. The summed E-state index contributed by atoms with van der Waals surface area (Å²) >= 11 is 0. The summed E-state index contributed by atoms with van der Waals surface area (Å²) in [4.78, 5) is 11.8. The second-order valence-corrected chi connectivity index (χ2v) is 4.57. The van der Waals surface area contributed by atoms with Crippen molar-refractivity contribution in [3.63, 3.8) is 0 Å². The number of benzene rings is 1. The first-order chi connectivity index (χ1) is 7.45. The van der Waals surface area contributed by atoms with Gasteiger partial charge in [0.2, 0.25) is 5.91 Å². The number of amides is 1. The molecule has 0 radical (unpaired) electrons. The summed E-state index contributed by atoms with van der Waals surface area (Å²) in [6.45, 7) is 10.1. The Hall–Kier alpha value is -1.31. The molecule has 1 amide bonds. The second kappa shape index (κ2) is 5.15. The molecule has 1 aromatic carbocycles. The highest BCUT2D eigenvalue weighted by atomic mass is 16.1. The van der Waals surface area contributed by atoms with Gasteiger partial charge in [-0.3, -0.25) is 4.79 Å². The van der Waals surface area contributed by atoms with Crippen LogP contribution in [0, 0.1) is 26.7 Å². The number of carbonyl (C=O) groups is 1. The van der Waals surface area contributed by atoms with E-state index in [4.69, 9.17) is 0 Å².